The van der Waals surface area contributed by atoms with Crippen LogP contribution in [0.4, 0.5) is 14.7 Å². The number of anilines is 1. The Kier molecular flexibility index (Phi) is 2.80. The van der Waals surface area contributed by atoms with E-state index in [1.807, 2.05) is 0 Å². The second-order valence-corrected chi connectivity index (χ2v) is 7.50. The number of hydrogen-bond donors (Lipinski definition) is 1. The highest BCUT2D eigenvalue weighted by Crippen LogP contribution is 2.45. The number of nitrogens with two attached hydrogens (primary N) is 1. The minimum absolute atomic E-state index is 0.0439. The number of nitrogens with zero attached hydrogens (tertiary/aromatic N) is 5. The van der Waals surface area contributed by atoms with Gasteiger partial charge in [-0.15, -0.1) is 13.9 Å². The molecular formula is C16H16F2N6O2. The molecule has 0 saturated carbocycles. The molecule has 2 N–H and O–H groups in total. The fraction of sp³-hybridized carbons (Fsp3) is 0.438. The first-order valence-electron chi connectivity index (χ1n) is 8.17. The number of alkyl halides is 2. The van der Waals surface area contributed by atoms with Crippen molar-refractivity contribution in [1.29, 1.82) is 0 Å². The van der Waals surface area contributed by atoms with Crippen LogP contribution in [0.1, 0.15) is 19.7 Å². The van der Waals surface area contributed by atoms with Crippen molar-refractivity contribution >= 4 is 22.5 Å². The maximum absolute atomic E-state index is 13.4. The SMILES string of the molecule is CC1(C)CN(Cc2nc3c4ccc5c(c4nc(N)n3n2)OC(F)(F)O5)C1. The van der Waals surface area contributed by atoms with Gasteiger partial charge in [0.2, 0.25) is 5.95 Å². The summed E-state index contributed by atoms with van der Waals surface area (Å²) in [6, 6.07) is 3.01. The molecule has 5 rings (SSSR count). The lowest BCUT2D eigenvalue weighted by Gasteiger charge is -2.45. The lowest BCUT2D eigenvalue weighted by Crippen LogP contribution is -2.52. The van der Waals surface area contributed by atoms with Gasteiger partial charge < -0.3 is 15.2 Å². The number of aromatic nitrogens is 4. The summed E-state index contributed by atoms with van der Waals surface area (Å²) in [7, 11) is 0. The smallest absolute Gasteiger partial charge is 0.395 e. The minimum atomic E-state index is -3.72. The van der Waals surface area contributed by atoms with E-state index in [0.29, 0.717) is 28.8 Å². The second-order valence-electron chi connectivity index (χ2n) is 7.50. The summed E-state index contributed by atoms with van der Waals surface area (Å²) in [5, 5.41) is 4.93. The highest BCUT2D eigenvalue weighted by atomic mass is 19.3. The topological polar surface area (TPSA) is 90.8 Å². The molecule has 2 aliphatic rings. The van der Waals surface area contributed by atoms with Crippen molar-refractivity contribution in [3.05, 3.63) is 18.0 Å². The predicted molar refractivity (Wildman–Crippen MR) is 88.0 cm³/mol. The molecule has 0 spiro atoms. The molecule has 0 aliphatic carbocycles. The first-order valence-corrected chi connectivity index (χ1v) is 8.17. The summed E-state index contributed by atoms with van der Waals surface area (Å²) in [6.07, 6.45) is -3.72. The van der Waals surface area contributed by atoms with Crippen molar-refractivity contribution in [2.75, 3.05) is 18.8 Å². The molecular weight excluding hydrogens is 346 g/mol. The van der Waals surface area contributed by atoms with Gasteiger partial charge in [-0.25, -0.2) is 9.97 Å². The molecule has 2 aromatic heterocycles. The van der Waals surface area contributed by atoms with E-state index < -0.39 is 6.29 Å². The van der Waals surface area contributed by atoms with Crippen LogP contribution >= 0.6 is 0 Å². The van der Waals surface area contributed by atoms with Crippen molar-refractivity contribution in [1.82, 2.24) is 24.5 Å². The van der Waals surface area contributed by atoms with Gasteiger partial charge in [-0.05, 0) is 17.5 Å². The van der Waals surface area contributed by atoms with Crippen LogP contribution in [0.25, 0.3) is 16.6 Å². The Balaban J connectivity index is 1.60. The number of likely N-dealkylation sites (tertiary alicyclic amines) is 1. The first kappa shape index (κ1) is 15.5. The molecule has 0 radical (unpaired) electrons. The zero-order chi connectivity index (χ0) is 18.3. The molecule has 2 aliphatic heterocycles. The van der Waals surface area contributed by atoms with Crippen LogP contribution in [-0.4, -0.2) is 43.9 Å². The van der Waals surface area contributed by atoms with Crippen LogP contribution in [0.2, 0.25) is 0 Å². The van der Waals surface area contributed by atoms with Crippen molar-refractivity contribution in [2.24, 2.45) is 5.41 Å². The van der Waals surface area contributed by atoms with Crippen LogP contribution in [0.15, 0.2) is 12.1 Å². The second kappa shape index (κ2) is 4.70. The summed E-state index contributed by atoms with van der Waals surface area (Å²) >= 11 is 0. The van der Waals surface area contributed by atoms with Gasteiger partial charge in [0.25, 0.3) is 0 Å². The normalized spacial score (nSPS) is 20.6. The monoisotopic (exact) mass is 362 g/mol. The highest BCUT2D eigenvalue weighted by molar-refractivity contribution is 5.97. The Bertz CT molecular complexity index is 1060. The van der Waals surface area contributed by atoms with Crippen LogP contribution in [0, 0.1) is 5.41 Å². The Hall–Kier alpha value is -2.75. The van der Waals surface area contributed by atoms with Gasteiger partial charge >= 0.3 is 6.29 Å². The largest absolute Gasteiger partial charge is 0.586 e. The number of benzene rings is 1. The summed E-state index contributed by atoms with van der Waals surface area (Å²) in [5.41, 5.74) is 6.89. The molecule has 1 saturated heterocycles. The lowest BCUT2D eigenvalue weighted by molar-refractivity contribution is -0.286. The Morgan fingerprint density at radius 2 is 1.96 bits per heavy atom. The summed E-state index contributed by atoms with van der Waals surface area (Å²) < 4.78 is 37.3. The van der Waals surface area contributed by atoms with Crippen molar-refractivity contribution in [3.63, 3.8) is 0 Å². The molecule has 1 fully saturated rings. The minimum Gasteiger partial charge on any atom is -0.395 e. The number of nitrogen functional groups attached to an aromatic ring is 1. The number of ether oxygens (including phenoxy) is 2. The van der Waals surface area contributed by atoms with Gasteiger partial charge in [0, 0.05) is 18.5 Å². The lowest BCUT2D eigenvalue weighted by atomic mass is 9.84. The van der Waals surface area contributed by atoms with Gasteiger partial charge in [-0.2, -0.15) is 4.52 Å². The third-order valence-corrected chi connectivity index (χ3v) is 4.55. The Morgan fingerprint density at radius 3 is 2.69 bits per heavy atom. The third kappa shape index (κ3) is 2.25. The Labute approximate surface area is 146 Å². The van der Waals surface area contributed by atoms with E-state index in [-0.39, 0.29) is 23.0 Å². The average molecular weight is 362 g/mol. The zero-order valence-electron chi connectivity index (χ0n) is 14.2. The van der Waals surface area contributed by atoms with Gasteiger partial charge in [0.15, 0.2) is 23.0 Å². The third-order valence-electron chi connectivity index (χ3n) is 4.55. The molecule has 136 valence electrons. The van der Waals surface area contributed by atoms with Crippen LogP contribution in [0.5, 0.6) is 11.5 Å². The summed E-state index contributed by atoms with van der Waals surface area (Å²) in [6.45, 7) is 6.92. The average Bonchev–Trinajstić information content (AvgIpc) is 3.05. The molecule has 0 atom stereocenters. The molecule has 26 heavy (non-hydrogen) atoms. The van der Waals surface area contributed by atoms with E-state index in [2.05, 4.69) is 43.3 Å². The number of hydrogen-bond acceptors (Lipinski definition) is 7. The zero-order valence-corrected chi connectivity index (χ0v) is 14.2. The number of rotatable bonds is 2. The van der Waals surface area contributed by atoms with Crippen molar-refractivity contribution < 1.29 is 18.3 Å². The van der Waals surface area contributed by atoms with Crippen LogP contribution in [0.3, 0.4) is 0 Å². The number of halogens is 2. The molecule has 0 amide bonds. The van der Waals surface area contributed by atoms with E-state index >= 15 is 0 Å². The Morgan fingerprint density at radius 1 is 1.19 bits per heavy atom. The van der Waals surface area contributed by atoms with Gasteiger partial charge in [-0.1, -0.05) is 13.8 Å². The highest BCUT2D eigenvalue weighted by Gasteiger charge is 2.45. The molecule has 8 nitrogen and oxygen atoms in total. The molecule has 4 heterocycles. The van der Waals surface area contributed by atoms with E-state index in [1.165, 1.54) is 10.6 Å². The van der Waals surface area contributed by atoms with Crippen LogP contribution in [-0.2, 0) is 6.54 Å². The molecule has 0 bridgehead atoms. The van der Waals surface area contributed by atoms with Gasteiger partial charge in [-0.3, -0.25) is 4.90 Å². The van der Waals surface area contributed by atoms with Gasteiger partial charge in [0.1, 0.15) is 5.52 Å². The van der Waals surface area contributed by atoms with E-state index in [0.717, 1.165) is 13.1 Å². The quantitative estimate of drug-likeness (QED) is 0.746. The number of fused-ring (bicyclic) bond motifs is 5. The van der Waals surface area contributed by atoms with Crippen molar-refractivity contribution in [2.45, 2.75) is 26.7 Å². The molecule has 10 heteroatoms. The van der Waals surface area contributed by atoms with E-state index in [9.17, 15) is 8.78 Å². The fourth-order valence-electron chi connectivity index (χ4n) is 3.68. The first-order chi connectivity index (χ1) is 12.2. The summed E-state index contributed by atoms with van der Waals surface area (Å²) in [4.78, 5) is 10.9. The molecule has 0 unspecified atom stereocenters. The predicted octanol–water partition coefficient (Wildman–Crippen LogP) is 2.02. The van der Waals surface area contributed by atoms with Crippen molar-refractivity contribution in [3.8, 4) is 11.5 Å². The van der Waals surface area contributed by atoms with E-state index in [1.54, 1.807) is 6.07 Å². The molecule has 3 aromatic rings. The maximum Gasteiger partial charge on any atom is 0.586 e. The fourth-order valence-corrected chi connectivity index (χ4v) is 3.68. The van der Waals surface area contributed by atoms with Crippen LogP contribution < -0.4 is 15.2 Å². The maximum atomic E-state index is 13.4. The van der Waals surface area contributed by atoms with Gasteiger partial charge in [0.05, 0.1) is 6.54 Å². The van der Waals surface area contributed by atoms with E-state index in [4.69, 9.17) is 5.73 Å². The molecule has 1 aromatic carbocycles. The standard InChI is InChI=1S/C16H16F2N6O2/c1-15(2)6-23(7-15)5-10-20-13-8-3-4-9-12(26-16(17,18)25-9)11(8)21-14(19)24(13)22-10/h3-4H,5-7H2,1-2H3,(H2,19,21). The summed E-state index contributed by atoms with van der Waals surface area (Å²) in [5.74, 6) is 0.420.